The molecule has 22 heavy (non-hydrogen) atoms. The van der Waals surface area contributed by atoms with Crippen molar-refractivity contribution in [1.29, 1.82) is 0 Å². The number of phenols is 2. The third kappa shape index (κ3) is 2.09. The Labute approximate surface area is 131 Å². The molecule has 2 fully saturated rings. The van der Waals surface area contributed by atoms with E-state index < -0.39 is 0 Å². The van der Waals surface area contributed by atoms with Gasteiger partial charge in [0.05, 0.1) is 0 Å². The molecule has 2 N–H and O–H groups in total. The fraction of sp³-hybridized carbons (Fsp3) is 0.400. The quantitative estimate of drug-likeness (QED) is 0.850. The van der Waals surface area contributed by atoms with Gasteiger partial charge in [0.15, 0.2) is 0 Å². The molecule has 2 aliphatic carbocycles. The Bertz CT molecular complexity index is 598. The Morgan fingerprint density at radius 3 is 1.50 bits per heavy atom. The van der Waals surface area contributed by atoms with Gasteiger partial charge in [-0.25, -0.2) is 0 Å². The summed E-state index contributed by atoms with van der Waals surface area (Å²) < 4.78 is 0. The van der Waals surface area contributed by atoms with Gasteiger partial charge in [0, 0.05) is 5.41 Å². The number of fused-ring (bicyclic) bond motifs is 1. The van der Waals surface area contributed by atoms with Crippen molar-refractivity contribution in [2.24, 2.45) is 11.8 Å². The first-order chi connectivity index (χ1) is 10.7. The van der Waals surface area contributed by atoms with Crippen molar-refractivity contribution in [3.63, 3.8) is 0 Å². The third-order valence-electron chi connectivity index (χ3n) is 5.88. The van der Waals surface area contributed by atoms with Crippen LogP contribution in [0.3, 0.4) is 0 Å². The normalized spacial score (nSPS) is 26.0. The lowest BCUT2D eigenvalue weighted by atomic mass is 9.71. The van der Waals surface area contributed by atoms with Crippen LogP contribution in [0.15, 0.2) is 48.5 Å². The van der Waals surface area contributed by atoms with Gasteiger partial charge in [-0.2, -0.15) is 0 Å². The van der Waals surface area contributed by atoms with Crippen LogP contribution < -0.4 is 0 Å². The molecule has 2 aromatic rings. The molecule has 0 heterocycles. The number of hydrogen-bond donors (Lipinski definition) is 2. The molecule has 2 nitrogen and oxygen atoms in total. The van der Waals surface area contributed by atoms with E-state index >= 15 is 0 Å². The van der Waals surface area contributed by atoms with Crippen molar-refractivity contribution >= 4 is 0 Å². The average Bonchev–Trinajstić information content (AvgIpc) is 3.08. The average molecular weight is 294 g/mol. The van der Waals surface area contributed by atoms with E-state index in [1.54, 1.807) is 24.3 Å². The van der Waals surface area contributed by atoms with Gasteiger partial charge in [-0.1, -0.05) is 43.5 Å². The second-order valence-corrected chi connectivity index (χ2v) is 7.04. The molecule has 2 aliphatic rings. The highest BCUT2D eigenvalue weighted by Crippen LogP contribution is 2.57. The number of hydrogen-bond acceptors (Lipinski definition) is 2. The summed E-state index contributed by atoms with van der Waals surface area (Å²) in [5.41, 5.74) is 2.63. The SMILES string of the molecule is Oc1ccc(C2(c3ccc(O)cc3)C[C@H]3CCC[C@H]3C2)cc1. The van der Waals surface area contributed by atoms with Crippen molar-refractivity contribution in [3.05, 3.63) is 59.7 Å². The monoisotopic (exact) mass is 294 g/mol. The Kier molecular flexibility index (Phi) is 3.14. The molecule has 0 radical (unpaired) electrons. The maximum atomic E-state index is 9.62. The predicted molar refractivity (Wildman–Crippen MR) is 87.1 cm³/mol. The summed E-state index contributed by atoms with van der Waals surface area (Å²) in [4.78, 5) is 0. The number of aromatic hydroxyl groups is 2. The lowest BCUT2D eigenvalue weighted by Crippen LogP contribution is -2.25. The van der Waals surface area contributed by atoms with Gasteiger partial charge in [-0.05, 0) is 60.1 Å². The minimum atomic E-state index is 0.0388. The van der Waals surface area contributed by atoms with Gasteiger partial charge in [0.2, 0.25) is 0 Å². The van der Waals surface area contributed by atoms with Crippen LogP contribution in [0.5, 0.6) is 11.5 Å². The van der Waals surface area contributed by atoms with Crippen molar-refractivity contribution in [3.8, 4) is 11.5 Å². The fourth-order valence-corrected chi connectivity index (χ4v) is 4.83. The molecule has 2 heteroatoms. The Balaban J connectivity index is 1.81. The molecule has 114 valence electrons. The summed E-state index contributed by atoms with van der Waals surface area (Å²) in [5.74, 6) is 2.29. The summed E-state index contributed by atoms with van der Waals surface area (Å²) in [6.45, 7) is 0. The molecule has 0 aromatic heterocycles. The molecule has 0 unspecified atom stereocenters. The minimum absolute atomic E-state index is 0.0388. The minimum Gasteiger partial charge on any atom is -0.508 e. The van der Waals surface area contributed by atoms with E-state index in [0.29, 0.717) is 11.5 Å². The van der Waals surface area contributed by atoms with E-state index in [-0.39, 0.29) is 5.41 Å². The molecule has 0 bridgehead atoms. The van der Waals surface area contributed by atoms with Gasteiger partial charge in [-0.15, -0.1) is 0 Å². The van der Waals surface area contributed by atoms with E-state index in [1.165, 1.54) is 43.2 Å². The summed E-state index contributed by atoms with van der Waals surface area (Å²) in [5, 5.41) is 19.2. The van der Waals surface area contributed by atoms with Crippen LogP contribution >= 0.6 is 0 Å². The summed E-state index contributed by atoms with van der Waals surface area (Å²) in [7, 11) is 0. The van der Waals surface area contributed by atoms with Crippen molar-refractivity contribution < 1.29 is 10.2 Å². The number of rotatable bonds is 2. The van der Waals surface area contributed by atoms with E-state index in [9.17, 15) is 10.2 Å². The first-order valence-electron chi connectivity index (χ1n) is 8.26. The molecule has 4 rings (SSSR count). The predicted octanol–water partition coefficient (Wildman–Crippen LogP) is 4.59. The summed E-state index contributed by atoms with van der Waals surface area (Å²) in [6.07, 6.45) is 6.45. The van der Waals surface area contributed by atoms with Crippen LogP contribution in [0.2, 0.25) is 0 Å². The fourth-order valence-electron chi connectivity index (χ4n) is 4.83. The Morgan fingerprint density at radius 2 is 1.09 bits per heavy atom. The smallest absolute Gasteiger partial charge is 0.115 e. The molecule has 2 aromatic carbocycles. The molecule has 0 saturated heterocycles. The Hall–Kier alpha value is -1.96. The molecule has 0 spiro atoms. The van der Waals surface area contributed by atoms with Gasteiger partial charge < -0.3 is 10.2 Å². The Morgan fingerprint density at radius 1 is 0.682 bits per heavy atom. The van der Waals surface area contributed by atoms with Gasteiger partial charge in [0.1, 0.15) is 11.5 Å². The van der Waals surface area contributed by atoms with Crippen molar-refractivity contribution in [1.82, 2.24) is 0 Å². The van der Waals surface area contributed by atoms with Gasteiger partial charge in [-0.3, -0.25) is 0 Å². The molecule has 2 atom stereocenters. The van der Waals surface area contributed by atoms with Crippen molar-refractivity contribution in [2.45, 2.75) is 37.5 Å². The molecule has 2 saturated carbocycles. The zero-order valence-corrected chi connectivity index (χ0v) is 12.7. The zero-order valence-electron chi connectivity index (χ0n) is 12.7. The van der Waals surface area contributed by atoms with E-state index in [0.717, 1.165) is 11.8 Å². The zero-order chi connectivity index (χ0) is 15.2. The number of benzene rings is 2. The maximum absolute atomic E-state index is 9.62. The van der Waals surface area contributed by atoms with Crippen LogP contribution in [0, 0.1) is 11.8 Å². The summed E-state index contributed by atoms with van der Waals surface area (Å²) in [6, 6.07) is 15.5. The largest absolute Gasteiger partial charge is 0.508 e. The van der Waals surface area contributed by atoms with Gasteiger partial charge >= 0.3 is 0 Å². The van der Waals surface area contributed by atoms with Crippen LogP contribution in [0.1, 0.15) is 43.2 Å². The molecular formula is C20H22O2. The van der Waals surface area contributed by atoms with Crippen LogP contribution in [0.4, 0.5) is 0 Å². The number of phenolic OH excluding ortho intramolecular Hbond substituents is 2. The molecule has 0 amide bonds. The summed E-state index contributed by atoms with van der Waals surface area (Å²) >= 11 is 0. The van der Waals surface area contributed by atoms with E-state index in [2.05, 4.69) is 24.3 Å². The highest BCUT2D eigenvalue weighted by molar-refractivity contribution is 5.44. The lowest BCUT2D eigenvalue weighted by Gasteiger charge is -2.32. The van der Waals surface area contributed by atoms with Crippen LogP contribution in [-0.4, -0.2) is 10.2 Å². The first kappa shape index (κ1) is 13.7. The lowest BCUT2D eigenvalue weighted by molar-refractivity contribution is 0.457. The topological polar surface area (TPSA) is 40.5 Å². The maximum Gasteiger partial charge on any atom is 0.115 e. The van der Waals surface area contributed by atoms with Crippen molar-refractivity contribution in [2.75, 3.05) is 0 Å². The third-order valence-corrected chi connectivity index (χ3v) is 5.88. The van der Waals surface area contributed by atoms with E-state index in [1.807, 2.05) is 0 Å². The first-order valence-corrected chi connectivity index (χ1v) is 8.26. The standard InChI is InChI=1S/C20H22O2/c21-18-8-4-16(5-9-18)20(17-6-10-19(22)11-7-17)12-14-2-1-3-15(14)13-20/h4-11,14-15,21-22H,1-3,12-13H2/t14-,15+. The molecular weight excluding hydrogens is 272 g/mol. The highest BCUT2D eigenvalue weighted by atomic mass is 16.3. The van der Waals surface area contributed by atoms with Crippen LogP contribution in [0.25, 0.3) is 0 Å². The van der Waals surface area contributed by atoms with Crippen LogP contribution in [-0.2, 0) is 5.41 Å². The van der Waals surface area contributed by atoms with Gasteiger partial charge in [0.25, 0.3) is 0 Å². The second-order valence-electron chi connectivity index (χ2n) is 7.04. The molecule has 0 aliphatic heterocycles. The second kappa shape index (κ2) is 5.05. The highest BCUT2D eigenvalue weighted by Gasteiger charge is 2.48. The van der Waals surface area contributed by atoms with E-state index in [4.69, 9.17) is 0 Å².